The Kier molecular flexibility index (Phi) is 4.98. The summed E-state index contributed by atoms with van der Waals surface area (Å²) in [5, 5.41) is 10.5. The smallest absolute Gasteiger partial charge is 0.224 e. The molecule has 0 fully saturated rings. The van der Waals surface area contributed by atoms with Crippen molar-refractivity contribution in [3.63, 3.8) is 0 Å². The average Bonchev–Trinajstić information content (AvgIpc) is 2.76. The van der Waals surface area contributed by atoms with Crippen LogP contribution in [0.2, 0.25) is 0 Å². The number of likely N-dealkylation sites (N-methyl/N-ethyl adjacent to an activating group) is 1. The van der Waals surface area contributed by atoms with Crippen molar-refractivity contribution in [2.45, 2.75) is 26.8 Å². The van der Waals surface area contributed by atoms with Gasteiger partial charge in [0.25, 0.3) is 0 Å². The van der Waals surface area contributed by atoms with E-state index < -0.39 is 0 Å². The molecule has 5 nitrogen and oxygen atoms in total. The maximum atomic E-state index is 11.5. The predicted molar refractivity (Wildman–Crippen MR) is 84.1 cm³/mol. The number of nitrogens with zero attached hydrogens (tertiary/aromatic N) is 2. The first-order valence-corrected chi connectivity index (χ1v) is 7.17. The maximum Gasteiger partial charge on any atom is 0.224 e. The minimum Gasteiger partial charge on any atom is -0.381 e. The maximum absolute atomic E-state index is 11.5. The second-order valence-electron chi connectivity index (χ2n) is 5.09. The second-order valence-corrected chi connectivity index (χ2v) is 5.09. The molecule has 0 saturated carbocycles. The summed E-state index contributed by atoms with van der Waals surface area (Å²) in [6, 6.07) is 7.96. The summed E-state index contributed by atoms with van der Waals surface area (Å²) in [4.78, 5) is 11.5. The van der Waals surface area contributed by atoms with E-state index in [4.69, 9.17) is 0 Å². The van der Waals surface area contributed by atoms with Crippen LogP contribution in [0.5, 0.6) is 0 Å². The average molecular weight is 286 g/mol. The van der Waals surface area contributed by atoms with Gasteiger partial charge in [0.1, 0.15) is 0 Å². The number of benzene rings is 1. The Bertz CT molecular complexity index is 601. The van der Waals surface area contributed by atoms with Crippen molar-refractivity contribution in [1.82, 2.24) is 15.1 Å². The van der Waals surface area contributed by atoms with Crippen molar-refractivity contribution in [2.24, 2.45) is 7.05 Å². The number of rotatable bonds is 6. The van der Waals surface area contributed by atoms with E-state index in [-0.39, 0.29) is 5.91 Å². The SMILES string of the molecule is CCNC(=O)Cc1ccc(NCc2cn(C)nc2C)cc1. The second kappa shape index (κ2) is 6.92. The van der Waals surface area contributed by atoms with E-state index in [0.717, 1.165) is 23.5 Å². The summed E-state index contributed by atoms with van der Waals surface area (Å²) in [5.41, 5.74) is 4.28. The van der Waals surface area contributed by atoms with Crippen molar-refractivity contribution in [3.05, 3.63) is 47.3 Å². The van der Waals surface area contributed by atoms with Gasteiger partial charge in [-0.15, -0.1) is 0 Å². The third-order valence-electron chi connectivity index (χ3n) is 3.29. The molecule has 1 aromatic heterocycles. The standard InChI is InChI=1S/C16H22N4O/c1-4-17-16(21)9-13-5-7-15(8-6-13)18-10-14-11-20(3)19-12(14)2/h5-8,11,18H,4,9-10H2,1-3H3,(H,17,21). The molecule has 0 spiro atoms. The highest BCUT2D eigenvalue weighted by Gasteiger charge is 2.04. The van der Waals surface area contributed by atoms with Gasteiger partial charge in [-0.2, -0.15) is 5.10 Å². The molecule has 2 aromatic rings. The van der Waals surface area contributed by atoms with Crippen LogP contribution in [-0.2, 0) is 24.8 Å². The molecular weight excluding hydrogens is 264 g/mol. The Morgan fingerprint density at radius 1 is 1.29 bits per heavy atom. The first kappa shape index (κ1) is 15.1. The van der Waals surface area contributed by atoms with Gasteiger partial charge in [-0.3, -0.25) is 9.48 Å². The number of hydrogen-bond donors (Lipinski definition) is 2. The number of aromatic nitrogens is 2. The van der Waals surface area contributed by atoms with Crippen molar-refractivity contribution >= 4 is 11.6 Å². The first-order chi connectivity index (χ1) is 10.1. The molecule has 1 heterocycles. The van der Waals surface area contributed by atoms with Gasteiger partial charge in [-0.1, -0.05) is 12.1 Å². The first-order valence-electron chi connectivity index (χ1n) is 7.17. The van der Waals surface area contributed by atoms with Crippen molar-refractivity contribution in [2.75, 3.05) is 11.9 Å². The minimum atomic E-state index is 0.0594. The molecule has 5 heteroatoms. The molecule has 0 radical (unpaired) electrons. The molecule has 2 rings (SSSR count). The van der Waals surface area contributed by atoms with Crippen molar-refractivity contribution in [1.29, 1.82) is 0 Å². The van der Waals surface area contributed by atoms with Gasteiger partial charge < -0.3 is 10.6 Å². The van der Waals surface area contributed by atoms with Gasteiger partial charge in [0, 0.05) is 37.6 Å². The number of amides is 1. The van der Waals surface area contributed by atoms with E-state index in [1.54, 1.807) is 0 Å². The molecule has 0 aliphatic heterocycles. The number of carbonyl (C=O) groups excluding carboxylic acids is 1. The van der Waals surface area contributed by atoms with E-state index in [2.05, 4.69) is 15.7 Å². The molecule has 21 heavy (non-hydrogen) atoms. The zero-order chi connectivity index (χ0) is 15.2. The summed E-state index contributed by atoms with van der Waals surface area (Å²) in [7, 11) is 1.92. The van der Waals surface area contributed by atoms with Crippen LogP contribution in [0.15, 0.2) is 30.5 Å². The third kappa shape index (κ3) is 4.34. The summed E-state index contributed by atoms with van der Waals surface area (Å²) in [6.45, 7) is 5.34. The lowest BCUT2D eigenvalue weighted by atomic mass is 10.1. The van der Waals surface area contributed by atoms with Gasteiger partial charge >= 0.3 is 0 Å². The molecule has 0 unspecified atom stereocenters. The molecule has 0 aliphatic carbocycles. The van der Waals surface area contributed by atoms with Gasteiger partial charge in [-0.05, 0) is 31.5 Å². The van der Waals surface area contributed by atoms with E-state index in [1.165, 1.54) is 5.56 Å². The van der Waals surface area contributed by atoms with Crippen LogP contribution in [0.1, 0.15) is 23.7 Å². The number of aryl methyl sites for hydroxylation is 2. The number of hydrogen-bond acceptors (Lipinski definition) is 3. The highest BCUT2D eigenvalue weighted by Crippen LogP contribution is 2.13. The summed E-state index contributed by atoms with van der Waals surface area (Å²) < 4.78 is 1.82. The van der Waals surface area contributed by atoms with E-state index in [1.807, 2.05) is 56.0 Å². The molecule has 0 saturated heterocycles. The summed E-state index contributed by atoms with van der Waals surface area (Å²) in [6.07, 6.45) is 2.45. The fourth-order valence-corrected chi connectivity index (χ4v) is 2.20. The summed E-state index contributed by atoms with van der Waals surface area (Å²) in [5.74, 6) is 0.0594. The molecule has 1 amide bonds. The van der Waals surface area contributed by atoms with Gasteiger partial charge in [0.15, 0.2) is 0 Å². The van der Waals surface area contributed by atoms with Crippen molar-refractivity contribution in [3.8, 4) is 0 Å². The molecule has 2 N–H and O–H groups in total. The molecule has 0 bridgehead atoms. The lowest BCUT2D eigenvalue weighted by molar-refractivity contribution is -0.120. The Labute approximate surface area is 125 Å². The van der Waals surface area contributed by atoms with Gasteiger partial charge in [0.05, 0.1) is 12.1 Å². The number of carbonyl (C=O) groups is 1. The lowest BCUT2D eigenvalue weighted by Gasteiger charge is -2.07. The van der Waals surface area contributed by atoms with Gasteiger partial charge in [0.2, 0.25) is 5.91 Å². The zero-order valence-corrected chi connectivity index (χ0v) is 12.8. The normalized spacial score (nSPS) is 10.4. The van der Waals surface area contributed by atoms with E-state index in [9.17, 15) is 4.79 Å². The van der Waals surface area contributed by atoms with Crippen LogP contribution >= 0.6 is 0 Å². The fourth-order valence-electron chi connectivity index (χ4n) is 2.20. The lowest BCUT2D eigenvalue weighted by Crippen LogP contribution is -2.24. The highest BCUT2D eigenvalue weighted by molar-refractivity contribution is 5.78. The Morgan fingerprint density at radius 2 is 2.00 bits per heavy atom. The fraction of sp³-hybridized carbons (Fsp3) is 0.375. The van der Waals surface area contributed by atoms with E-state index >= 15 is 0 Å². The van der Waals surface area contributed by atoms with Crippen LogP contribution in [-0.4, -0.2) is 22.2 Å². The third-order valence-corrected chi connectivity index (χ3v) is 3.29. The monoisotopic (exact) mass is 286 g/mol. The van der Waals surface area contributed by atoms with Crippen molar-refractivity contribution < 1.29 is 4.79 Å². The van der Waals surface area contributed by atoms with Gasteiger partial charge in [-0.25, -0.2) is 0 Å². The largest absolute Gasteiger partial charge is 0.381 e. The van der Waals surface area contributed by atoms with Crippen LogP contribution in [0, 0.1) is 6.92 Å². The van der Waals surface area contributed by atoms with E-state index in [0.29, 0.717) is 13.0 Å². The molecule has 112 valence electrons. The van der Waals surface area contributed by atoms with Crippen LogP contribution in [0.4, 0.5) is 5.69 Å². The highest BCUT2D eigenvalue weighted by atomic mass is 16.1. The number of anilines is 1. The quantitative estimate of drug-likeness (QED) is 0.854. The van der Waals surface area contributed by atoms with Crippen LogP contribution in [0.25, 0.3) is 0 Å². The Morgan fingerprint density at radius 3 is 2.57 bits per heavy atom. The Balaban J connectivity index is 1.90. The zero-order valence-electron chi connectivity index (χ0n) is 12.8. The topological polar surface area (TPSA) is 59.0 Å². The Hall–Kier alpha value is -2.30. The summed E-state index contributed by atoms with van der Waals surface area (Å²) >= 11 is 0. The predicted octanol–water partition coefficient (Wildman–Crippen LogP) is 2.02. The molecule has 1 aromatic carbocycles. The molecular formula is C16H22N4O. The minimum absolute atomic E-state index is 0.0594. The molecule has 0 atom stereocenters. The van der Waals surface area contributed by atoms with Crippen LogP contribution in [0.3, 0.4) is 0 Å². The van der Waals surface area contributed by atoms with Crippen LogP contribution < -0.4 is 10.6 Å². The number of nitrogens with one attached hydrogen (secondary N) is 2. The molecule has 0 aliphatic rings.